The van der Waals surface area contributed by atoms with Crippen LogP contribution in [0, 0.1) is 0 Å². The molecule has 1 rings (SSSR count). The van der Waals surface area contributed by atoms with Gasteiger partial charge in [-0.05, 0) is 40.4 Å². The van der Waals surface area contributed by atoms with Crippen LogP contribution < -0.4 is 0 Å². The normalized spacial score (nSPS) is 19.8. The van der Waals surface area contributed by atoms with Gasteiger partial charge < -0.3 is 10.0 Å². The topological polar surface area (TPSA) is 43.8 Å². The lowest BCUT2D eigenvalue weighted by Crippen LogP contribution is -2.57. The lowest BCUT2D eigenvalue weighted by Gasteiger charge is -2.49. The first kappa shape index (κ1) is 11.5. The highest BCUT2D eigenvalue weighted by atomic mass is 16.4. The molecule has 0 spiro atoms. The minimum atomic E-state index is -0.749. The van der Waals surface area contributed by atoms with Crippen molar-refractivity contribution in [1.82, 2.24) is 9.80 Å². The summed E-state index contributed by atoms with van der Waals surface area (Å²) < 4.78 is 0. The molecule has 82 valence electrons. The van der Waals surface area contributed by atoms with Crippen LogP contribution in [0.25, 0.3) is 0 Å². The lowest BCUT2D eigenvalue weighted by atomic mass is 9.75. The first-order chi connectivity index (χ1) is 6.46. The summed E-state index contributed by atoms with van der Waals surface area (Å²) in [5.74, 6) is -0.749. The largest absolute Gasteiger partial charge is 0.480 e. The average Bonchev–Trinajstić information content (AvgIpc) is 1.94. The summed E-state index contributed by atoms with van der Waals surface area (Å²) >= 11 is 0. The molecule has 0 atom stereocenters. The number of aliphatic carboxylic acids is 1. The number of nitrogens with zero attached hydrogens (tertiary/aromatic N) is 2. The lowest BCUT2D eigenvalue weighted by molar-refractivity contribution is -0.138. The summed E-state index contributed by atoms with van der Waals surface area (Å²) in [6.07, 6.45) is 3.63. The van der Waals surface area contributed by atoms with Gasteiger partial charge in [0.2, 0.25) is 0 Å². The van der Waals surface area contributed by atoms with E-state index in [1.165, 1.54) is 19.3 Å². The maximum Gasteiger partial charge on any atom is 0.317 e. The third kappa shape index (κ3) is 2.45. The highest BCUT2D eigenvalue weighted by Crippen LogP contribution is 2.36. The fourth-order valence-corrected chi connectivity index (χ4v) is 2.12. The predicted octanol–water partition coefficient (Wildman–Crippen LogP) is 0.487. The standard InChI is InChI=1S/C10H20N2O2/c1-11(2)10(5-4-6-10)8-12(3)7-9(13)14/h4-8H2,1-3H3,(H,13,14). The Balaban J connectivity index is 2.44. The maximum atomic E-state index is 10.5. The van der Waals surface area contributed by atoms with E-state index in [9.17, 15) is 4.79 Å². The maximum absolute atomic E-state index is 10.5. The third-order valence-corrected chi connectivity index (χ3v) is 3.20. The third-order valence-electron chi connectivity index (χ3n) is 3.20. The molecular weight excluding hydrogens is 180 g/mol. The summed E-state index contributed by atoms with van der Waals surface area (Å²) in [6.45, 7) is 0.988. The van der Waals surface area contributed by atoms with Gasteiger partial charge in [-0.2, -0.15) is 0 Å². The highest BCUT2D eigenvalue weighted by Gasteiger charge is 2.39. The zero-order valence-electron chi connectivity index (χ0n) is 9.29. The van der Waals surface area contributed by atoms with E-state index >= 15 is 0 Å². The number of carboxylic acids is 1. The second-order valence-electron chi connectivity index (χ2n) is 4.54. The smallest absolute Gasteiger partial charge is 0.317 e. The zero-order valence-corrected chi connectivity index (χ0v) is 9.29. The van der Waals surface area contributed by atoms with Crippen molar-refractivity contribution in [3.05, 3.63) is 0 Å². The van der Waals surface area contributed by atoms with E-state index in [1.807, 2.05) is 11.9 Å². The van der Waals surface area contributed by atoms with Gasteiger partial charge in [0.15, 0.2) is 0 Å². The second kappa shape index (κ2) is 4.28. The molecule has 1 aliphatic rings. The van der Waals surface area contributed by atoms with Gasteiger partial charge in [-0.15, -0.1) is 0 Å². The molecule has 14 heavy (non-hydrogen) atoms. The van der Waals surface area contributed by atoms with Crippen molar-refractivity contribution in [2.75, 3.05) is 34.2 Å². The number of carboxylic acid groups (broad SMARTS) is 1. The molecule has 0 radical (unpaired) electrons. The molecule has 0 aromatic carbocycles. The molecule has 0 aromatic heterocycles. The van der Waals surface area contributed by atoms with Crippen LogP contribution >= 0.6 is 0 Å². The van der Waals surface area contributed by atoms with Crippen molar-refractivity contribution in [3.63, 3.8) is 0 Å². The molecule has 4 nitrogen and oxygen atoms in total. The number of likely N-dealkylation sites (N-methyl/N-ethyl adjacent to an activating group) is 2. The van der Waals surface area contributed by atoms with Gasteiger partial charge in [-0.3, -0.25) is 9.69 Å². The van der Waals surface area contributed by atoms with Gasteiger partial charge in [0.05, 0.1) is 6.54 Å². The number of hydrogen-bond acceptors (Lipinski definition) is 3. The average molecular weight is 200 g/mol. The van der Waals surface area contributed by atoms with E-state index in [0.29, 0.717) is 0 Å². The summed E-state index contributed by atoms with van der Waals surface area (Å²) in [5.41, 5.74) is 0.226. The van der Waals surface area contributed by atoms with Gasteiger partial charge >= 0.3 is 5.97 Å². The van der Waals surface area contributed by atoms with E-state index in [0.717, 1.165) is 6.54 Å². The monoisotopic (exact) mass is 200 g/mol. The van der Waals surface area contributed by atoms with Gasteiger partial charge in [0, 0.05) is 12.1 Å². The van der Waals surface area contributed by atoms with E-state index in [4.69, 9.17) is 5.11 Å². The van der Waals surface area contributed by atoms with E-state index in [-0.39, 0.29) is 12.1 Å². The number of hydrogen-bond donors (Lipinski definition) is 1. The van der Waals surface area contributed by atoms with Crippen molar-refractivity contribution >= 4 is 5.97 Å². The molecule has 1 N–H and O–H groups in total. The van der Waals surface area contributed by atoms with Gasteiger partial charge in [0.1, 0.15) is 0 Å². The van der Waals surface area contributed by atoms with Gasteiger partial charge in [-0.1, -0.05) is 0 Å². The quantitative estimate of drug-likeness (QED) is 0.701. The molecular formula is C10H20N2O2. The first-order valence-corrected chi connectivity index (χ1v) is 5.04. The molecule has 0 aliphatic heterocycles. The van der Waals surface area contributed by atoms with Crippen molar-refractivity contribution < 1.29 is 9.90 Å². The summed E-state index contributed by atoms with van der Waals surface area (Å²) in [4.78, 5) is 14.6. The number of rotatable bonds is 5. The first-order valence-electron chi connectivity index (χ1n) is 5.04. The van der Waals surface area contributed by atoms with Gasteiger partial charge in [-0.25, -0.2) is 0 Å². The van der Waals surface area contributed by atoms with Crippen LogP contribution in [0.3, 0.4) is 0 Å². The highest BCUT2D eigenvalue weighted by molar-refractivity contribution is 5.69. The Bertz CT molecular complexity index is 212. The molecule has 4 heteroatoms. The zero-order chi connectivity index (χ0) is 10.8. The molecule has 0 bridgehead atoms. The van der Waals surface area contributed by atoms with Crippen LogP contribution in [0.1, 0.15) is 19.3 Å². The summed E-state index contributed by atoms with van der Waals surface area (Å²) in [5, 5.41) is 8.65. The molecule has 0 amide bonds. The Morgan fingerprint density at radius 1 is 1.36 bits per heavy atom. The molecule has 0 saturated heterocycles. The van der Waals surface area contributed by atoms with Crippen LogP contribution in [0.5, 0.6) is 0 Å². The molecule has 1 fully saturated rings. The molecule has 1 aliphatic carbocycles. The van der Waals surface area contributed by atoms with Crippen LogP contribution in [0.15, 0.2) is 0 Å². The summed E-state index contributed by atoms with van der Waals surface area (Å²) in [7, 11) is 6.03. The van der Waals surface area contributed by atoms with E-state index in [1.54, 1.807) is 0 Å². The van der Waals surface area contributed by atoms with Gasteiger partial charge in [0.25, 0.3) is 0 Å². The minimum Gasteiger partial charge on any atom is -0.480 e. The van der Waals surface area contributed by atoms with Crippen LogP contribution in [-0.2, 0) is 4.79 Å². The van der Waals surface area contributed by atoms with Crippen LogP contribution in [-0.4, -0.2) is 60.6 Å². The Morgan fingerprint density at radius 2 is 1.93 bits per heavy atom. The minimum absolute atomic E-state index is 0.135. The Morgan fingerprint density at radius 3 is 2.21 bits per heavy atom. The fourth-order valence-electron chi connectivity index (χ4n) is 2.12. The van der Waals surface area contributed by atoms with Crippen LogP contribution in [0.4, 0.5) is 0 Å². The Hall–Kier alpha value is -0.610. The molecule has 0 unspecified atom stereocenters. The fraction of sp³-hybridized carbons (Fsp3) is 0.900. The Kier molecular flexibility index (Phi) is 3.50. The predicted molar refractivity (Wildman–Crippen MR) is 55.4 cm³/mol. The SMILES string of the molecule is CN(CC(=O)O)CC1(N(C)C)CCC1. The number of carbonyl (C=O) groups is 1. The van der Waals surface area contributed by atoms with Crippen molar-refractivity contribution in [2.24, 2.45) is 0 Å². The Labute approximate surface area is 85.5 Å². The van der Waals surface area contributed by atoms with E-state index in [2.05, 4.69) is 19.0 Å². The van der Waals surface area contributed by atoms with E-state index < -0.39 is 5.97 Å². The van der Waals surface area contributed by atoms with Crippen LogP contribution in [0.2, 0.25) is 0 Å². The second-order valence-corrected chi connectivity index (χ2v) is 4.54. The van der Waals surface area contributed by atoms with Crippen molar-refractivity contribution in [2.45, 2.75) is 24.8 Å². The molecule has 1 saturated carbocycles. The molecule has 0 heterocycles. The molecule has 0 aromatic rings. The summed E-state index contributed by atoms with van der Waals surface area (Å²) in [6, 6.07) is 0. The van der Waals surface area contributed by atoms with Crippen molar-refractivity contribution in [3.8, 4) is 0 Å². The van der Waals surface area contributed by atoms with Crippen molar-refractivity contribution in [1.29, 1.82) is 0 Å².